The summed E-state index contributed by atoms with van der Waals surface area (Å²) in [6.07, 6.45) is 0. The fourth-order valence-electron chi connectivity index (χ4n) is 4.41. The molecule has 1 aliphatic heterocycles. The van der Waals surface area contributed by atoms with Crippen LogP contribution in [0.25, 0.3) is 0 Å². The Morgan fingerprint density at radius 2 is 1.39 bits per heavy atom. The topological polar surface area (TPSA) is 29.3 Å². The molecule has 2 aromatic rings. The molecule has 0 aromatic heterocycles. The number of benzene rings is 2. The van der Waals surface area contributed by atoms with Gasteiger partial charge in [0.15, 0.2) is 0 Å². The molecule has 1 heterocycles. The van der Waals surface area contributed by atoms with E-state index in [4.69, 9.17) is 5.73 Å². The van der Waals surface area contributed by atoms with Gasteiger partial charge in [0.25, 0.3) is 0 Å². The summed E-state index contributed by atoms with van der Waals surface area (Å²) < 4.78 is 0. The number of hydrogen-bond acceptors (Lipinski definition) is 2. The van der Waals surface area contributed by atoms with Gasteiger partial charge in [-0.3, -0.25) is 4.90 Å². The Balaban J connectivity index is 2.04. The van der Waals surface area contributed by atoms with Gasteiger partial charge in [-0.05, 0) is 23.5 Å². The van der Waals surface area contributed by atoms with Gasteiger partial charge in [-0.15, -0.1) is 0 Å². The quantitative estimate of drug-likeness (QED) is 0.919. The number of nitrogens with zero attached hydrogens (tertiary/aromatic N) is 1. The van der Waals surface area contributed by atoms with Crippen molar-refractivity contribution in [3.05, 3.63) is 71.8 Å². The minimum absolute atomic E-state index is 0.139. The molecule has 0 radical (unpaired) electrons. The van der Waals surface area contributed by atoms with E-state index in [0.29, 0.717) is 6.04 Å². The first-order valence-electron chi connectivity index (χ1n) is 8.45. The van der Waals surface area contributed by atoms with Gasteiger partial charge in [0.1, 0.15) is 0 Å². The van der Waals surface area contributed by atoms with E-state index in [1.54, 1.807) is 0 Å². The first-order valence-corrected chi connectivity index (χ1v) is 8.45. The summed E-state index contributed by atoms with van der Waals surface area (Å²) in [4.78, 5) is 2.57. The zero-order valence-corrected chi connectivity index (χ0v) is 14.7. The molecule has 122 valence electrons. The van der Waals surface area contributed by atoms with Crippen LogP contribution in [0.15, 0.2) is 60.7 Å². The van der Waals surface area contributed by atoms with Gasteiger partial charge in [0, 0.05) is 18.1 Å². The second kappa shape index (κ2) is 5.77. The molecule has 2 heteroatoms. The lowest BCUT2D eigenvalue weighted by atomic mass is 9.67. The highest BCUT2D eigenvalue weighted by Gasteiger charge is 2.54. The number of rotatable bonds is 3. The Morgan fingerprint density at radius 1 is 0.957 bits per heavy atom. The lowest BCUT2D eigenvalue weighted by Crippen LogP contribution is -2.76. The maximum Gasteiger partial charge on any atom is 0.0605 e. The molecule has 2 unspecified atom stereocenters. The van der Waals surface area contributed by atoms with Crippen LogP contribution in [0.4, 0.5) is 0 Å². The molecule has 3 rings (SSSR count). The fourth-order valence-corrected chi connectivity index (χ4v) is 4.41. The Bertz CT molecular complexity index is 591. The molecule has 2 N–H and O–H groups in total. The fraction of sp³-hybridized carbons (Fsp3) is 0.429. The van der Waals surface area contributed by atoms with Crippen molar-refractivity contribution in [2.75, 3.05) is 6.54 Å². The summed E-state index contributed by atoms with van der Waals surface area (Å²) in [5.41, 5.74) is 9.27. The minimum Gasteiger partial charge on any atom is -0.323 e. The molecular formula is C21H28N2. The van der Waals surface area contributed by atoms with E-state index in [1.165, 1.54) is 11.1 Å². The Morgan fingerprint density at radius 3 is 1.74 bits per heavy atom. The van der Waals surface area contributed by atoms with E-state index in [0.717, 1.165) is 6.54 Å². The zero-order valence-electron chi connectivity index (χ0n) is 14.7. The van der Waals surface area contributed by atoms with Crippen LogP contribution in [0.1, 0.15) is 44.9 Å². The third kappa shape index (κ3) is 3.06. The van der Waals surface area contributed by atoms with Crippen molar-refractivity contribution >= 4 is 0 Å². The summed E-state index contributed by atoms with van der Waals surface area (Å²) in [5, 5.41) is 0. The molecule has 1 saturated heterocycles. The minimum atomic E-state index is -0.139. The van der Waals surface area contributed by atoms with Crippen LogP contribution in [-0.2, 0) is 0 Å². The largest absolute Gasteiger partial charge is 0.323 e. The first-order chi connectivity index (χ1) is 10.8. The van der Waals surface area contributed by atoms with Gasteiger partial charge in [0.2, 0.25) is 0 Å². The standard InChI is InChI=1S/C21H28N2/c1-20(2,3)19-21(4,22)15-23(19)18(16-11-7-5-8-12-16)17-13-9-6-10-14-17/h5-14,18-19H,15,22H2,1-4H3. The molecule has 0 bridgehead atoms. The molecule has 1 aliphatic rings. The monoisotopic (exact) mass is 308 g/mol. The summed E-state index contributed by atoms with van der Waals surface area (Å²) in [6.45, 7) is 9.99. The molecule has 2 aromatic carbocycles. The second-order valence-electron chi connectivity index (χ2n) is 8.17. The predicted molar refractivity (Wildman–Crippen MR) is 97.3 cm³/mol. The van der Waals surface area contributed by atoms with Crippen molar-refractivity contribution in [2.24, 2.45) is 11.1 Å². The molecule has 2 atom stereocenters. The Labute approximate surface area is 140 Å². The Hall–Kier alpha value is -1.64. The summed E-state index contributed by atoms with van der Waals surface area (Å²) in [5.74, 6) is 0. The van der Waals surface area contributed by atoms with Crippen LogP contribution in [-0.4, -0.2) is 23.0 Å². The van der Waals surface area contributed by atoms with E-state index in [9.17, 15) is 0 Å². The normalized spacial score (nSPS) is 25.4. The van der Waals surface area contributed by atoms with Crippen molar-refractivity contribution in [1.29, 1.82) is 0 Å². The zero-order chi connectivity index (χ0) is 16.7. The smallest absolute Gasteiger partial charge is 0.0605 e. The van der Waals surface area contributed by atoms with Crippen LogP contribution in [0.3, 0.4) is 0 Å². The lowest BCUT2D eigenvalue weighted by molar-refractivity contribution is -0.0813. The third-order valence-electron chi connectivity index (χ3n) is 4.86. The van der Waals surface area contributed by atoms with Crippen LogP contribution < -0.4 is 5.73 Å². The molecular weight excluding hydrogens is 280 g/mol. The van der Waals surface area contributed by atoms with Gasteiger partial charge in [-0.1, -0.05) is 81.4 Å². The van der Waals surface area contributed by atoms with E-state index in [-0.39, 0.29) is 17.0 Å². The van der Waals surface area contributed by atoms with E-state index < -0.39 is 0 Å². The van der Waals surface area contributed by atoms with Gasteiger partial charge >= 0.3 is 0 Å². The molecule has 0 spiro atoms. The van der Waals surface area contributed by atoms with Crippen molar-refractivity contribution in [2.45, 2.75) is 45.3 Å². The van der Waals surface area contributed by atoms with Gasteiger partial charge in [-0.25, -0.2) is 0 Å². The summed E-state index contributed by atoms with van der Waals surface area (Å²) in [7, 11) is 0. The van der Waals surface area contributed by atoms with E-state index >= 15 is 0 Å². The molecule has 23 heavy (non-hydrogen) atoms. The van der Waals surface area contributed by atoms with E-state index in [2.05, 4.69) is 93.3 Å². The predicted octanol–water partition coefficient (Wildman–Crippen LogP) is 4.22. The van der Waals surface area contributed by atoms with Crippen molar-refractivity contribution in [3.8, 4) is 0 Å². The SMILES string of the molecule is CC(C)(C)C1N(C(c2ccccc2)c2ccccc2)CC1(C)N. The summed E-state index contributed by atoms with van der Waals surface area (Å²) in [6, 6.07) is 22.2. The van der Waals surface area contributed by atoms with E-state index in [1.807, 2.05) is 0 Å². The van der Waals surface area contributed by atoms with Crippen LogP contribution in [0, 0.1) is 5.41 Å². The molecule has 0 aliphatic carbocycles. The molecule has 1 fully saturated rings. The number of hydrogen-bond donors (Lipinski definition) is 1. The molecule has 0 amide bonds. The maximum absolute atomic E-state index is 6.59. The summed E-state index contributed by atoms with van der Waals surface area (Å²) >= 11 is 0. The maximum atomic E-state index is 6.59. The first kappa shape index (κ1) is 16.2. The van der Waals surface area contributed by atoms with Crippen LogP contribution in [0.2, 0.25) is 0 Å². The lowest BCUT2D eigenvalue weighted by Gasteiger charge is -2.62. The number of nitrogens with two attached hydrogens (primary N) is 1. The average Bonchev–Trinajstić information content (AvgIpc) is 2.46. The van der Waals surface area contributed by atoms with Gasteiger partial charge in [-0.2, -0.15) is 0 Å². The Kier molecular flexibility index (Phi) is 4.07. The third-order valence-corrected chi connectivity index (χ3v) is 4.86. The molecule has 0 saturated carbocycles. The van der Waals surface area contributed by atoms with Gasteiger partial charge in [0.05, 0.1) is 6.04 Å². The average molecular weight is 308 g/mol. The van der Waals surface area contributed by atoms with Crippen molar-refractivity contribution in [3.63, 3.8) is 0 Å². The highest BCUT2D eigenvalue weighted by molar-refractivity contribution is 5.34. The van der Waals surface area contributed by atoms with Crippen molar-refractivity contribution < 1.29 is 0 Å². The highest BCUT2D eigenvalue weighted by atomic mass is 15.3. The highest BCUT2D eigenvalue weighted by Crippen LogP contribution is 2.46. The van der Waals surface area contributed by atoms with Crippen LogP contribution >= 0.6 is 0 Å². The number of likely N-dealkylation sites (tertiary alicyclic amines) is 1. The van der Waals surface area contributed by atoms with Gasteiger partial charge < -0.3 is 5.73 Å². The van der Waals surface area contributed by atoms with Crippen LogP contribution in [0.5, 0.6) is 0 Å². The second-order valence-corrected chi connectivity index (χ2v) is 8.17. The molecule has 2 nitrogen and oxygen atoms in total. The van der Waals surface area contributed by atoms with Crippen molar-refractivity contribution in [1.82, 2.24) is 4.90 Å².